The molecule has 0 amide bonds. The van der Waals surface area contributed by atoms with Crippen molar-refractivity contribution in [3.8, 4) is 28.3 Å². The van der Waals surface area contributed by atoms with E-state index in [-0.39, 0.29) is 28.8 Å². The number of imidazole rings is 1. The zero-order valence-electron chi connectivity index (χ0n) is 19.6. The lowest BCUT2D eigenvalue weighted by Crippen LogP contribution is -2.40. The van der Waals surface area contributed by atoms with Crippen molar-refractivity contribution in [3.05, 3.63) is 54.6 Å². The molecule has 0 spiro atoms. The predicted octanol–water partition coefficient (Wildman–Crippen LogP) is 5.11. The van der Waals surface area contributed by atoms with Crippen molar-refractivity contribution >= 4 is 23.0 Å². The summed E-state index contributed by atoms with van der Waals surface area (Å²) in [5.41, 5.74) is 1.92. The number of rotatable bonds is 5. The number of esters is 1. The third-order valence-corrected chi connectivity index (χ3v) is 6.12. The van der Waals surface area contributed by atoms with E-state index in [2.05, 4.69) is 24.7 Å². The fraction of sp³-hybridized carbons (Fsp3) is 0.280. The first-order valence-corrected chi connectivity index (χ1v) is 11.4. The van der Waals surface area contributed by atoms with Crippen LogP contribution in [0.4, 0.5) is 23.5 Å². The topological polar surface area (TPSA) is 93.2 Å². The van der Waals surface area contributed by atoms with Crippen LogP contribution < -0.4 is 9.64 Å². The molecule has 37 heavy (non-hydrogen) atoms. The normalized spacial score (nSPS) is 16.1. The van der Waals surface area contributed by atoms with Crippen LogP contribution in [0.25, 0.3) is 33.5 Å². The second kappa shape index (κ2) is 9.68. The highest BCUT2D eigenvalue weighted by atomic mass is 19.4. The average molecular weight is 515 g/mol. The molecule has 2 aromatic carbocycles. The van der Waals surface area contributed by atoms with Crippen LogP contribution in [-0.4, -0.2) is 52.5 Å². The van der Waals surface area contributed by atoms with Gasteiger partial charge in [0.05, 0.1) is 29.6 Å². The van der Waals surface area contributed by atoms with Crippen molar-refractivity contribution in [1.82, 2.24) is 19.9 Å². The fourth-order valence-electron chi connectivity index (χ4n) is 4.35. The van der Waals surface area contributed by atoms with E-state index in [9.17, 15) is 18.0 Å². The Morgan fingerprint density at radius 3 is 2.59 bits per heavy atom. The van der Waals surface area contributed by atoms with E-state index < -0.39 is 17.9 Å². The minimum absolute atomic E-state index is 0.151. The second-order valence-corrected chi connectivity index (χ2v) is 8.59. The maximum absolute atomic E-state index is 15.0. The number of aromatic amines is 1. The molecule has 1 unspecified atom stereocenters. The maximum Gasteiger partial charge on any atom is 0.573 e. The number of halogens is 4. The Kier molecular flexibility index (Phi) is 6.40. The van der Waals surface area contributed by atoms with E-state index in [0.717, 1.165) is 31.5 Å². The number of hydrogen-bond donors (Lipinski definition) is 1. The van der Waals surface area contributed by atoms with Gasteiger partial charge in [-0.3, -0.25) is 4.79 Å². The molecule has 5 rings (SSSR count). The first-order chi connectivity index (χ1) is 17.7. The Hall–Kier alpha value is -4.22. The van der Waals surface area contributed by atoms with Crippen molar-refractivity contribution in [2.75, 3.05) is 25.1 Å². The number of fused-ring (bicyclic) bond motifs is 1. The number of anilines is 1. The summed E-state index contributed by atoms with van der Waals surface area (Å²) in [6, 6.07) is 8.17. The van der Waals surface area contributed by atoms with Crippen LogP contribution in [0.1, 0.15) is 12.8 Å². The number of methoxy groups -OCH3 is 1. The number of benzene rings is 2. The number of ether oxygens (including phenoxy) is 2. The van der Waals surface area contributed by atoms with Crippen molar-refractivity contribution in [3.63, 3.8) is 0 Å². The lowest BCUT2D eigenvalue weighted by atomic mass is 9.98. The Morgan fingerprint density at radius 2 is 1.89 bits per heavy atom. The third kappa shape index (κ3) is 5.32. The van der Waals surface area contributed by atoms with Crippen molar-refractivity contribution in [2.45, 2.75) is 19.2 Å². The van der Waals surface area contributed by atoms with E-state index >= 15 is 4.39 Å². The highest BCUT2D eigenvalue weighted by Crippen LogP contribution is 2.30. The first kappa shape index (κ1) is 24.5. The first-order valence-electron chi connectivity index (χ1n) is 11.4. The minimum atomic E-state index is -4.82. The molecule has 0 aliphatic carbocycles. The second-order valence-electron chi connectivity index (χ2n) is 8.59. The molecule has 1 saturated heterocycles. The van der Waals surface area contributed by atoms with E-state index in [4.69, 9.17) is 4.74 Å². The number of H-pyrrole nitrogens is 1. The maximum atomic E-state index is 15.0. The van der Waals surface area contributed by atoms with Crippen LogP contribution in [0.2, 0.25) is 0 Å². The molecule has 1 aliphatic heterocycles. The van der Waals surface area contributed by atoms with Crippen LogP contribution in [0.15, 0.2) is 48.8 Å². The quantitative estimate of drug-likeness (QED) is 0.292. The van der Waals surface area contributed by atoms with Crippen molar-refractivity contribution in [2.24, 2.45) is 5.92 Å². The van der Waals surface area contributed by atoms with Gasteiger partial charge in [-0.2, -0.15) is 0 Å². The van der Waals surface area contributed by atoms with Crippen molar-refractivity contribution in [1.29, 1.82) is 0 Å². The zero-order valence-corrected chi connectivity index (χ0v) is 19.6. The third-order valence-electron chi connectivity index (χ3n) is 6.12. The molecule has 0 radical (unpaired) electrons. The fourth-order valence-corrected chi connectivity index (χ4v) is 4.35. The summed E-state index contributed by atoms with van der Waals surface area (Å²) in [7, 11) is 1.37. The van der Waals surface area contributed by atoms with Gasteiger partial charge < -0.3 is 19.4 Å². The smallest absolute Gasteiger partial charge is 0.469 e. The summed E-state index contributed by atoms with van der Waals surface area (Å²) in [5, 5.41) is 0. The van der Waals surface area contributed by atoms with Gasteiger partial charge in [0.1, 0.15) is 17.4 Å². The minimum Gasteiger partial charge on any atom is -0.469 e. The van der Waals surface area contributed by atoms with Crippen LogP contribution >= 0.6 is 0 Å². The van der Waals surface area contributed by atoms with Gasteiger partial charge in [0.15, 0.2) is 0 Å². The molecule has 192 valence electrons. The van der Waals surface area contributed by atoms with Gasteiger partial charge in [-0.05, 0) is 42.7 Å². The summed E-state index contributed by atoms with van der Waals surface area (Å²) in [4.78, 5) is 29.7. The lowest BCUT2D eigenvalue weighted by Gasteiger charge is -2.31. The van der Waals surface area contributed by atoms with E-state index in [0.29, 0.717) is 29.1 Å². The summed E-state index contributed by atoms with van der Waals surface area (Å²) in [6.45, 7) is 1.19. The highest BCUT2D eigenvalue weighted by molar-refractivity contribution is 5.81. The molecule has 1 atom stereocenters. The monoisotopic (exact) mass is 515 g/mol. The summed E-state index contributed by atoms with van der Waals surface area (Å²) in [6.07, 6.45) is -0.0833. The number of nitrogens with one attached hydrogen (secondary N) is 1. The lowest BCUT2D eigenvalue weighted by molar-refractivity contribution is -0.274. The molecule has 12 heteroatoms. The number of carbonyl (C=O) groups excluding carboxylic acids is 1. The molecular formula is C25H21F4N5O3. The van der Waals surface area contributed by atoms with Gasteiger partial charge in [-0.15, -0.1) is 13.2 Å². The summed E-state index contributed by atoms with van der Waals surface area (Å²) < 4.78 is 61.3. The van der Waals surface area contributed by atoms with Crippen LogP contribution in [-0.2, 0) is 9.53 Å². The van der Waals surface area contributed by atoms with Crippen LogP contribution in [0, 0.1) is 11.7 Å². The molecule has 1 aliphatic rings. The molecule has 4 aromatic rings. The highest BCUT2D eigenvalue weighted by Gasteiger charge is 2.31. The van der Waals surface area contributed by atoms with E-state index in [1.165, 1.54) is 25.3 Å². The van der Waals surface area contributed by atoms with Crippen LogP contribution in [0.3, 0.4) is 0 Å². The average Bonchev–Trinajstić information content (AvgIpc) is 3.30. The number of carbonyl (C=O) groups is 1. The Labute approximate surface area is 208 Å². The molecule has 3 heterocycles. The Balaban J connectivity index is 1.34. The van der Waals surface area contributed by atoms with Gasteiger partial charge >= 0.3 is 12.3 Å². The number of nitrogens with zero attached hydrogens (tertiary/aromatic N) is 4. The summed E-state index contributed by atoms with van der Waals surface area (Å²) in [5.74, 6) is -0.822. The SMILES string of the molecule is COC(=O)C1CCCN(c2ncc(-c3ccc(-c4nc5ccc(OC(F)(F)F)cc5[nH]4)c(F)c3)cn2)C1. The molecule has 2 aromatic heterocycles. The van der Waals surface area contributed by atoms with E-state index in [1.807, 2.05) is 4.90 Å². The van der Waals surface area contributed by atoms with Gasteiger partial charge in [-0.25, -0.2) is 19.3 Å². The predicted molar refractivity (Wildman–Crippen MR) is 126 cm³/mol. The van der Waals surface area contributed by atoms with Crippen LogP contribution in [0.5, 0.6) is 5.75 Å². The van der Waals surface area contributed by atoms with Crippen molar-refractivity contribution < 1.29 is 31.8 Å². The molecule has 8 nitrogen and oxygen atoms in total. The molecular weight excluding hydrogens is 494 g/mol. The Bertz CT molecular complexity index is 1440. The van der Waals surface area contributed by atoms with Gasteiger partial charge in [-0.1, -0.05) is 6.07 Å². The number of piperidine rings is 1. The summed E-state index contributed by atoms with van der Waals surface area (Å²) >= 11 is 0. The molecule has 0 bridgehead atoms. The number of alkyl halides is 3. The molecule has 0 saturated carbocycles. The molecule has 1 N–H and O–H groups in total. The largest absolute Gasteiger partial charge is 0.573 e. The van der Waals surface area contributed by atoms with E-state index in [1.54, 1.807) is 18.5 Å². The number of hydrogen-bond acceptors (Lipinski definition) is 7. The zero-order chi connectivity index (χ0) is 26.2. The molecule has 1 fully saturated rings. The van der Waals surface area contributed by atoms with Gasteiger partial charge in [0.25, 0.3) is 0 Å². The van der Waals surface area contributed by atoms with Gasteiger partial charge in [0.2, 0.25) is 5.95 Å². The number of aromatic nitrogens is 4. The van der Waals surface area contributed by atoms with Gasteiger partial charge in [0, 0.05) is 37.1 Å². The Morgan fingerprint density at radius 1 is 1.11 bits per heavy atom. The standard InChI is InChI=1S/C25H21F4N5O3/c1-36-23(35)15-3-2-8-34(13-15)24-30-11-16(12-31-24)14-4-6-18(19(26)9-14)22-32-20-7-5-17(10-21(20)33-22)37-25(27,28)29/h4-7,9-12,15H,2-3,8,13H2,1H3,(H,32,33).